The maximum atomic E-state index is 10.8. The van der Waals surface area contributed by atoms with Gasteiger partial charge in [0.05, 0.1) is 6.20 Å². The van der Waals surface area contributed by atoms with Gasteiger partial charge in [0, 0.05) is 4.88 Å². The molecule has 0 fully saturated rings. The molecule has 0 saturated heterocycles. The zero-order valence-corrected chi connectivity index (χ0v) is 12.5. The number of aromatic nitrogens is 5. The van der Waals surface area contributed by atoms with Gasteiger partial charge in [0.15, 0.2) is 4.34 Å². The van der Waals surface area contributed by atoms with Crippen molar-refractivity contribution < 1.29 is 9.90 Å². The van der Waals surface area contributed by atoms with Gasteiger partial charge in [-0.1, -0.05) is 0 Å². The minimum Gasteiger partial charge on any atom is -0.477 e. The number of carboxylic acid groups (broad SMARTS) is 1. The lowest BCUT2D eigenvalue weighted by molar-refractivity contribution is 0.0702. The summed E-state index contributed by atoms with van der Waals surface area (Å²) in [4.78, 5) is 16.2. The van der Waals surface area contributed by atoms with Crippen LogP contribution in [0.15, 0.2) is 27.8 Å². The molecule has 0 saturated carbocycles. The molecule has 3 aromatic heterocycles. The van der Waals surface area contributed by atoms with Gasteiger partial charge in [-0.3, -0.25) is 0 Å². The van der Waals surface area contributed by atoms with E-state index in [-0.39, 0.29) is 4.88 Å². The Bertz CT molecular complexity index is 762. The number of hydrogen-bond acceptors (Lipinski definition) is 8. The molecular formula is C10H7N5O2S3. The van der Waals surface area contributed by atoms with E-state index in [1.54, 1.807) is 16.0 Å². The molecule has 20 heavy (non-hydrogen) atoms. The number of thiophene rings is 1. The normalized spacial score (nSPS) is 10.8. The van der Waals surface area contributed by atoms with Crippen LogP contribution >= 0.6 is 34.4 Å². The average Bonchev–Trinajstić information content (AvgIpc) is 3.09. The molecule has 0 spiro atoms. The summed E-state index contributed by atoms with van der Waals surface area (Å²) in [5.41, 5.74) is 0. The van der Waals surface area contributed by atoms with Gasteiger partial charge in [0.2, 0.25) is 5.16 Å². The number of aryl methyl sites for hydroxylation is 1. The molecule has 0 amide bonds. The molecule has 3 heterocycles. The molecule has 0 aliphatic heterocycles. The topological polar surface area (TPSA) is 93.8 Å². The van der Waals surface area contributed by atoms with Crippen LogP contribution in [0.3, 0.4) is 0 Å². The van der Waals surface area contributed by atoms with Crippen LogP contribution < -0.4 is 0 Å². The Morgan fingerprint density at radius 2 is 2.25 bits per heavy atom. The molecule has 3 rings (SSSR count). The van der Waals surface area contributed by atoms with E-state index in [1.807, 2.05) is 19.1 Å². The molecule has 10 heteroatoms. The highest BCUT2D eigenvalue weighted by Crippen LogP contribution is 2.31. The second-order valence-electron chi connectivity index (χ2n) is 3.66. The Labute approximate surface area is 125 Å². The standard InChI is InChI=1S/C10H7N5O2S3/c1-5-2-3-7(18-5)15-9(12-13-14-15)20-10-11-4-6(19-10)8(16)17/h2-4H,1H3,(H,16,17). The second-order valence-corrected chi connectivity index (χ2v) is 7.17. The molecule has 0 aliphatic rings. The van der Waals surface area contributed by atoms with E-state index in [4.69, 9.17) is 5.11 Å². The average molecular weight is 325 g/mol. The first-order valence-electron chi connectivity index (χ1n) is 5.35. The number of rotatable bonds is 4. The summed E-state index contributed by atoms with van der Waals surface area (Å²) < 4.78 is 2.20. The lowest BCUT2D eigenvalue weighted by Gasteiger charge is -1.98. The van der Waals surface area contributed by atoms with Crippen LogP contribution in [0.25, 0.3) is 5.00 Å². The highest BCUT2D eigenvalue weighted by Gasteiger charge is 2.15. The predicted molar refractivity (Wildman–Crippen MR) is 75.0 cm³/mol. The molecule has 0 aliphatic carbocycles. The number of tetrazole rings is 1. The van der Waals surface area contributed by atoms with Gasteiger partial charge in [-0.2, -0.15) is 4.68 Å². The van der Waals surface area contributed by atoms with Crippen LogP contribution in [-0.2, 0) is 0 Å². The maximum Gasteiger partial charge on any atom is 0.347 e. The summed E-state index contributed by atoms with van der Waals surface area (Å²) in [5.74, 6) is -0.983. The highest BCUT2D eigenvalue weighted by molar-refractivity contribution is 8.00. The van der Waals surface area contributed by atoms with E-state index >= 15 is 0 Å². The van der Waals surface area contributed by atoms with Crippen molar-refractivity contribution in [2.45, 2.75) is 16.4 Å². The quantitative estimate of drug-likeness (QED) is 0.786. The molecule has 1 N–H and O–H groups in total. The van der Waals surface area contributed by atoms with E-state index in [0.717, 1.165) is 21.2 Å². The number of carboxylic acids is 1. The van der Waals surface area contributed by atoms with Crippen molar-refractivity contribution in [1.82, 2.24) is 25.2 Å². The van der Waals surface area contributed by atoms with Crippen molar-refractivity contribution in [2.75, 3.05) is 0 Å². The molecular weight excluding hydrogens is 318 g/mol. The number of hydrogen-bond donors (Lipinski definition) is 1. The van der Waals surface area contributed by atoms with Crippen molar-refractivity contribution in [3.05, 3.63) is 28.1 Å². The Kier molecular flexibility index (Phi) is 3.51. The van der Waals surface area contributed by atoms with Crippen molar-refractivity contribution in [2.24, 2.45) is 0 Å². The van der Waals surface area contributed by atoms with E-state index in [9.17, 15) is 4.79 Å². The first kappa shape index (κ1) is 13.2. The van der Waals surface area contributed by atoms with E-state index in [1.165, 1.54) is 18.0 Å². The van der Waals surface area contributed by atoms with Crippen molar-refractivity contribution in [3.63, 3.8) is 0 Å². The molecule has 0 radical (unpaired) electrons. The van der Waals surface area contributed by atoms with E-state index in [2.05, 4.69) is 20.5 Å². The fraction of sp³-hybridized carbons (Fsp3) is 0.100. The van der Waals surface area contributed by atoms with Crippen molar-refractivity contribution in [3.8, 4) is 5.00 Å². The van der Waals surface area contributed by atoms with Crippen LogP contribution in [0.4, 0.5) is 0 Å². The highest BCUT2D eigenvalue weighted by atomic mass is 32.2. The van der Waals surface area contributed by atoms with Gasteiger partial charge in [0.1, 0.15) is 9.88 Å². The Morgan fingerprint density at radius 1 is 1.40 bits per heavy atom. The molecule has 3 aromatic rings. The number of thiazole rings is 1. The predicted octanol–water partition coefficient (Wildman–Crippen LogP) is 2.34. The van der Waals surface area contributed by atoms with Gasteiger partial charge in [-0.25, -0.2) is 9.78 Å². The summed E-state index contributed by atoms with van der Waals surface area (Å²) in [6.45, 7) is 2.01. The van der Waals surface area contributed by atoms with E-state index < -0.39 is 5.97 Å². The summed E-state index contributed by atoms with van der Waals surface area (Å²) in [7, 11) is 0. The van der Waals surface area contributed by atoms with Crippen molar-refractivity contribution >= 4 is 40.4 Å². The Balaban J connectivity index is 1.88. The molecule has 0 bridgehead atoms. The monoisotopic (exact) mass is 325 g/mol. The number of aromatic carboxylic acids is 1. The maximum absolute atomic E-state index is 10.8. The smallest absolute Gasteiger partial charge is 0.347 e. The van der Waals surface area contributed by atoms with Crippen LogP contribution in [-0.4, -0.2) is 36.3 Å². The zero-order chi connectivity index (χ0) is 14.1. The summed E-state index contributed by atoms with van der Waals surface area (Å²) >= 11 is 3.91. The first-order valence-corrected chi connectivity index (χ1v) is 7.80. The van der Waals surface area contributed by atoms with Gasteiger partial charge >= 0.3 is 5.97 Å². The van der Waals surface area contributed by atoms with Crippen LogP contribution in [0.1, 0.15) is 14.5 Å². The molecule has 0 atom stereocenters. The second kappa shape index (κ2) is 5.31. The number of carbonyl (C=O) groups is 1. The molecule has 0 unspecified atom stereocenters. The van der Waals surface area contributed by atoms with E-state index in [0.29, 0.717) is 9.50 Å². The third kappa shape index (κ3) is 2.57. The van der Waals surface area contributed by atoms with Gasteiger partial charge in [-0.15, -0.1) is 27.8 Å². The number of nitrogens with zero attached hydrogens (tertiary/aromatic N) is 5. The van der Waals surface area contributed by atoms with Crippen molar-refractivity contribution in [1.29, 1.82) is 0 Å². The lowest BCUT2D eigenvalue weighted by atomic mass is 10.5. The summed E-state index contributed by atoms with van der Waals surface area (Å²) in [6.07, 6.45) is 1.33. The zero-order valence-electron chi connectivity index (χ0n) is 10.0. The minimum atomic E-state index is -0.983. The van der Waals surface area contributed by atoms with Crippen LogP contribution in [0.5, 0.6) is 0 Å². The van der Waals surface area contributed by atoms with Crippen LogP contribution in [0, 0.1) is 6.92 Å². The Morgan fingerprint density at radius 3 is 2.90 bits per heavy atom. The molecule has 102 valence electrons. The minimum absolute atomic E-state index is 0.193. The lowest BCUT2D eigenvalue weighted by Crippen LogP contribution is -1.95. The van der Waals surface area contributed by atoms with Gasteiger partial charge in [-0.05, 0) is 41.2 Å². The Hall–Kier alpha value is -1.78. The van der Waals surface area contributed by atoms with Gasteiger partial charge < -0.3 is 5.11 Å². The molecule has 0 aromatic carbocycles. The largest absolute Gasteiger partial charge is 0.477 e. The third-order valence-corrected chi connectivity index (χ3v) is 5.22. The first-order chi connectivity index (χ1) is 9.63. The fourth-order valence-electron chi connectivity index (χ4n) is 1.40. The molecule has 7 nitrogen and oxygen atoms in total. The van der Waals surface area contributed by atoms with Crippen LogP contribution in [0.2, 0.25) is 0 Å². The fourth-order valence-corrected chi connectivity index (χ4v) is 3.97. The summed E-state index contributed by atoms with van der Waals surface area (Å²) in [6, 6.07) is 3.92. The third-order valence-electron chi connectivity index (χ3n) is 2.25. The van der Waals surface area contributed by atoms with Gasteiger partial charge in [0.25, 0.3) is 0 Å². The SMILES string of the molecule is Cc1ccc(-n2nnnc2Sc2ncc(C(=O)O)s2)s1. The summed E-state index contributed by atoms with van der Waals surface area (Å²) in [5, 5.41) is 21.9.